The molecule has 0 saturated heterocycles. The summed E-state index contributed by atoms with van der Waals surface area (Å²) >= 11 is 0. The lowest BCUT2D eigenvalue weighted by atomic mass is 10.0. The number of rotatable bonds is 3. The Labute approximate surface area is 126 Å². The smallest absolute Gasteiger partial charge is 0.263 e. The monoisotopic (exact) mass is 302 g/mol. The Hall–Kier alpha value is -1.46. The maximum absolute atomic E-state index is 11.9. The van der Waals surface area contributed by atoms with E-state index >= 15 is 0 Å². The maximum atomic E-state index is 11.9. The molecule has 21 heavy (non-hydrogen) atoms. The van der Waals surface area contributed by atoms with E-state index in [0.29, 0.717) is 5.92 Å². The third-order valence-electron chi connectivity index (χ3n) is 2.70. The third kappa shape index (κ3) is 9.98. The number of allylic oxidation sites excluding steroid dienone is 1. The minimum absolute atomic E-state index is 0.0833. The number of aliphatic hydroxyl groups excluding tert-OH is 1. The van der Waals surface area contributed by atoms with Crippen LogP contribution in [0.1, 0.15) is 38.3 Å². The highest BCUT2D eigenvalue weighted by Crippen LogP contribution is 2.18. The van der Waals surface area contributed by atoms with E-state index < -0.39 is 6.43 Å². The maximum Gasteiger partial charge on any atom is 0.263 e. The van der Waals surface area contributed by atoms with Crippen LogP contribution < -0.4 is 11.5 Å². The van der Waals surface area contributed by atoms with Crippen LogP contribution in [0, 0.1) is 12.8 Å². The van der Waals surface area contributed by atoms with Crippen LogP contribution in [0.25, 0.3) is 0 Å². The lowest BCUT2D eigenvalue weighted by Gasteiger charge is -2.08. The first kappa shape index (κ1) is 21.8. The molecule has 3 nitrogen and oxygen atoms in total. The van der Waals surface area contributed by atoms with Crippen molar-refractivity contribution in [3.63, 3.8) is 0 Å². The highest BCUT2D eigenvalue weighted by molar-refractivity contribution is 5.21. The van der Waals surface area contributed by atoms with E-state index in [-0.39, 0.29) is 12.2 Å². The van der Waals surface area contributed by atoms with Crippen LogP contribution in [0.3, 0.4) is 0 Å². The Kier molecular flexibility index (Phi) is 12.8. The second-order valence-corrected chi connectivity index (χ2v) is 4.73. The highest BCUT2D eigenvalue weighted by atomic mass is 19.3. The van der Waals surface area contributed by atoms with Crippen molar-refractivity contribution in [1.82, 2.24) is 0 Å². The summed E-state index contributed by atoms with van der Waals surface area (Å²) in [6.45, 7) is 7.80. The Morgan fingerprint density at radius 2 is 1.57 bits per heavy atom. The largest absolute Gasteiger partial charge is 0.402 e. The van der Waals surface area contributed by atoms with Crippen molar-refractivity contribution in [2.24, 2.45) is 17.4 Å². The average Bonchev–Trinajstić information content (AvgIpc) is 2.42. The number of benzene rings is 1. The van der Waals surface area contributed by atoms with E-state index in [1.807, 2.05) is 27.7 Å². The van der Waals surface area contributed by atoms with Gasteiger partial charge in [0, 0.05) is 11.3 Å². The molecule has 1 aromatic rings. The van der Waals surface area contributed by atoms with Crippen molar-refractivity contribution in [2.75, 3.05) is 13.7 Å². The molecule has 1 rings (SSSR count). The lowest BCUT2D eigenvalue weighted by Crippen LogP contribution is -2.07. The molecule has 5 heteroatoms. The molecule has 5 N–H and O–H groups in total. The molecule has 0 amide bonds. The van der Waals surface area contributed by atoms with Crippen LogP contribution in [-0.4, -0.2) is 18.8 Å². The van der Waals surface area contributed by atoms with Crippen LogP contribution in [0.15, 0.2) is 35.5 Å². The zero-order valence-electron chi connectivity index (χ0n) is 13.5. The molecular formula is C16H28F2N2O. The Morgan fingerprint density at radius 3 is 1.76 bits per heavy atom. The van der Waals surface area contributed by atoms with Gasteiger partial charge in [0.25, 0.3) is 6.43 Å². The number of nitrogens with two attached hydrogens (primary N) is 2. The van der Waals surface area contributed by atoms with Gasteiger partial charge in [-0.25, -0.2) is 8.78 Å². The number of aryl methyl sites for hydroxylation is 1. The van der Waals surface area contributed by atoms with Crippen molar-refractivity contribution >= 4 is 0 Å². The normalized spacial score (nSPS) is 11.2. The van der Waals surface area contributed by atoms with Crippen molar-refractivity contribution in [3.8, 4) is 0 Å². The first-order chi connectivity index (χ1) is 9.79. The predicted molar refractivity (Wildman–Crippen MR) is 85.1 cm³/mol. The molecule has 122 valence electrons. The molecule has 0 atom stereocenters. The zero-order valence-corrected chi connectivity index (χ0v) is 13.5. The molecule has 0 aliphatic rings. The minimum atomic E-state index is -2.35. The second-order valence-electron chi connectivity index (χ2n) is 4.73. The van der Waals surface area contributed by atoms with E-state index in [1.54, 1.807) is 12.1 Å². The molecule has 0 aliphatic heterocycles. The average molecular weight is 302 g/mol. The summed E-state index contributed by atoms with van der Waals surface area (Å²) in [6.07, 6.45) is -2.35. The topological polar surface area (TPSA) is 72.3 Å². The first-order valence-corrected chi connectivity index (χ1v) is 6.78. The molecule has 0 aromatic heterocycles. The molecule has 0 aliphatic carbocycles. The van der Waals surface area contributed by atoms with Gasteiger partial charge in [-0.2, -0.15) is 0 Å². The van der Waals surface area contributed by atoms with Crippen molar-refractivity contribution in [2.45, 2.75) is 34.1 Å². The quantitative estimate of drug-likeness (QED) is 0.801. The minimum Gasteiger partial charge on any atom is -0.402 e. The second kappa shape index (κ2) is 12.3. The van der Waals surface area contributed by atoms with Crippen molar-refractivity contribution < 1.29 is 13.9 Å². The molecule has 0 saturated carbocycles. The third-order valence-corrected chi connectivity index (χ3v) is 2.70. The Balaban J connectivity index is 0. The van der Waals surface area contributed by atoms with E-state index in [9.17, 15) is 8.78 Å². The van der Waals surface area contributed by atoms with Crippen molar-refractivity contribution in [1.29, 1.82) is 0 Å². The van der Waals surface area contributed by atoms with Gasteiger partial charge in [0.2, 0.25) is 0 Å². The molecular weight excluding hydrogens is 274 g/mol. The van der Waals surface area contributed by atoms with Gasteiger partial charge < -0.3 is 16.6 Å². The van der Waals surface area contributed by atoms with E-state index in [2.05, 4.69) is 5.73 Å². The van der Waals surface area contributed by atoms with E-state index in [0.717, 1.165) is 16.8 Å². The van der Waals surface area contributed by atoms with Crippen LogP contribution in [0.5, 0.6) is 0 Å². The fourth-order valence-electron chi connectivity index (χ4n) is 1.47. The van der Waals surface area contributed by atoms with Crippen LogP contribution in [0.2, 0.25) is 0 Å². The number of hydrogen-bond acceptors (Lipinski definition) is 3. The highest BCUT2D eigenvalue weighted by Gasteiger charge is 2.04. The summed E-state index contributed by atoms with van der Waals surface area (Å²) in [5, 5.41) is 8.73. The standard InChI is InChI=1S/C8H8F2.C7H15NO.CH5N/c1-6-2-4-7(5-3-6)8(9)10;1-5(2)7(4-9)6(3)8;1-2/h2-5,8H,1H3;5,9H,4,8H2,1-3H3;2H2,1H3/b;7-6-;. The van der Waals surface area contributed by atoms with Gasteiger partial charge in [-0.1, -0.05) is 43.7 Å². The number of hydrogen-bond donors (Lipinski definition) is 3. The fraction of sp³-hybridized carbons (Fsp3) is 0.500. The summed E-state index contributed by atoms with van der Waals surface area (Å²) in [5.74, 6) is 0.361. The van der Waals surface area contributed by atoms with Crippen LogP contribution in [-0.2, 0) is 0 Å². The van der Waals surface area contributed by atoms with Gasteiger partial charge in [-0.15, -0.1) is 0 Å². The molecule has 0 spiro atoms. The van der Waals surface area contributed by atoms with Gasteiger partial charge in [-0.3, -0.25) is 0 Å². The van der Waals surface area contributed by atoms with Crippen LogP contribution >= 0.6 is 0 Å². The van der Waals surface area contributed by atoms with E-state index in [1.165, 1.54) is 19.2 Å². The summed E-state index contributed by atoms with van der Waals surface area (Å²) < 4.78 is 23.8. The van der Waals surface area contributed by atoms with Gasteiger partial charge in [0.15, 0.2) is 0 Å². The lowest BCUT2D eigenvalue weighted by molar-refractivity contribution is 0.151. The molecule has 0 radical (unpaired) electrons. The zero-order chi connectivity index (χ0) is 17.0. The van der Waals surface area contributed by atoms with Crippen LogP contribution in [0.4, 0.5) is 8.78 Å². The summed E-state index contributed by atoms with van der Waals surface area (Å²) in [5.41, 5.74) is 12.7. The van der Waals surface area contributed by atoms with Gasteiger partial charge in [0.05, 0.1) is 6.61 Å². The van der Waals surface area contributed by atoms with Gasteiger partial charge >= 0.3 is 0 Å². The van der Waals surface area contributed by atoms with Gasteiger partial charge in [0.1, 0.15) is 0 Å². The number of halogens is 2. The molecule has 0 unspecified atom stereocenters. The molecule has 0 fully saturated rings. The SMILES string of the molecule is C/C(N)=C(\CO)C(C)C.CN.Cc1ccc(C(F)F)cc1. The number of alkyl halides is 2. The number of aliphatic hydroxyl groups is 1. The molecule has 1 aromatic carbocycles. The fourth-order valence-corrected chi connectivity index (χ4v) is 1.47. The van der Waals surface area contributed by atoms with E-state index in [4.69, 9.17) is 10.8 Å². The van der Waals surface area contributed by atoms with Crippen molar-refractivity contribution in [3.05, 3.63) is 46.7 Å². The summed E-state index contributed by atoms with van der Waals surface area (Å²) in [4.78, 5) is 0. The van der Waals surface area contributed by atoms with Gasteiger partial charge in [-0.05, 0) is 32.4 Å². The Bertz CT molecular complexity index is 397. The molecule has 0 heterocycles. The summed E-state index contributed by atoms with van der Waals surface area (Å²) in [7, 11) is 1.50. The first-order valence-electron chi connectivity index (χ1n) is 6.78. The molecule has 0 bridgehead atoms. The summed E-state index contributed by atoms with van der Waals surface area (Å²) in [6, 6.07) is 6.25. The Morgan fingerprint density at radius 1 is 1.14 bits per heavy atom. The predicted octanol–water partition coefficient (Wildman–Crippen LogP) is 3.37.